The van der Waals surface area contributed by atoms with Gasteiger partial charge in [-0.15, -0.1) is 0 Å². The molecule has 0 aliphatic heterocycles. The van der Waals surface area contributed by atoms with Gasteiger partial charge in [0.1, 0.15) is 0 Å². The third-order valence-electron chi connectivity index (χ3n) is 4.50. The maximum Gasteiger partial charge on any atom is 0.231 e. The van der Waals surface area contributed by atoms with E-state index in [4.69, 9.17) is 0 Å². The lowest BCUT2D eigenvalue weighted by Crippen LogP contribution is -2.45. The van der Waals surface area contributed by atoms with Gasteiger partial charge in [-0.1, -0.05) is 57.2 Å². The number of nitrogens with zero attached hydrogens (tertiary/aromatic N) is 2. The molecule has 142 valence electrons. The number of aromatic nitrogens is 1. The van der Waals surface area contributed by atoms with Crippen molar-refractivity contribution in [2.24, 2.45) is 0 Å². The minimum absolute atomic E-state index is 0.0860. The van der Waals surface area contributed by atoms with Crippen LogP contribution in [-0.2, 0) is 4.79 Å². The molecule has 2 unspecified atom stereocenters. The quantitative estimate of drug-likeness (QED) is 0.672. The van der Waals surface area contributed by atoms with Crippen LogP contribution in [0.15, 0.2) is 54.9 Å². The van der Waals surface area contributed by atoms with Crippen molar-refractivity contribution in [2.75, 3.05) is 0 Å². The van der Waals surface area contributed by atoms with E-state index >= 15 is 0 Å². The Morgan fingerprint density at radius 3 is 1.85 bits per heavy atom. The highest BCUT2D eigenvalue weighted by atomic mass is 16.2. The fourth-order valence-electron chi connectivity index (χ4n) is 3.42. The maximum atomic E-state index is 13.4. The molecule has 2 aromatic rings. The standard InChI is InChI=1S/C21H28N2O.C2H6/c1-15(2)23(16(3)4)21(24)20(19-12-9-13-22-14-19)17(5)18-10-7-6-8-11-18;1-2/h6-17,20H,1-5H3;1-2H3. The lowest BCUT2D eigenvalue weighted by molar-refractivity contribution is -0.137. The van der Waals surface area contributed by atoms with Gasteiger partial charge in [0.15, 0.2) is 0 Å². The molecule has 1 aromatic heterocycles. The molecule has 0 fully saturated rings. The monoisotopic (exact) mass is 354 g/mol. The van der Waals surface area contributed by atoms with Crippen LogP contribution in [0.5, 0.6) is 0 Å². The molecule has 1 amide bonds. The number of carbonyl (C=O) groups excluding carboxylic acids is 1. The largest absolute Gasteiger partial charge is 0.337 e. The Bertz CT molecular complexity index is 630. The molecule has 0 aliphatic carbocycles. The normalized spacial score (nSPS) is 13.0. The van der Waals surface area contributed by atoms with E-state index in [1.807, 2.05) is 55.3 Å². The molecule has 2 atom stereocenters. The van der Waals surface area contributed by atoms with Gasteiger partial charge in [-0.3, -0.25) is 9.78 Å². The number of pyridine rings is 1. The Labute approximate surface area is 159 Å². The maximum absolute atomic E-state index is 13.4. The summed E-state index contributed by atoms with van der Waals surface area (Å²) in [5, 5.41) is 0. The SMILES string of the molecule is CC.CC(c1ccccc1)C(C(=O)N(C(C)C)C(C)C)c1cccnc1. The Balaban J connectivity index is 0.00000163. The van der Waals surface area contributed by atoms with Crippen molar-refractivity contribution in [3.8, 4) is 0 Å². The van der Waals surface area contributed by atoms with Gasteiger partial charge in [0.2, 0.25) is 5.91 Å². The van der Waals surface area contributed by atoms with Gasteiger partial charge in [-0.25, -0.2) is 0 Å². The minimum Gasteiger partial charge on any atom is -0.337 e. The smallest absolute Gasteiger partial charge is 0.231 e. The minimum atomic E-state index is -0.231. The first-order valence-electron chi connectivity index (χ1n) is 9.70. The lowest BCUT2D eigenvalue weighted by atomic mass is 9.82. The molecule has 3 heteroatoms. The molecule has 1 heterocycles. The molecular weight excluding hydrogens is 320 g/mol. The molecule has 2 rings (SSSR count). The van der Waals surface area contributed by atoms with Crippen LogP contribution in [-0.4, -0.2) is 27.9 Å². The van der Waals surface area contributed by atoms with Crippen molar-refractivity contribution >= 4 is 5.91 Å². The van der Waals surface area contributed by atoms with E-state index in [0.717, 1.165) is 5.56 Å². The highest BCUT2D eigenvalue weighted by Gasteiger charge is 2.33. The van der Waals surface area contributed by atoms with Crippen molar-refractivity contribution in [1.29, 1.82) is 0 Å². The summed E-state index contributed by atoms with van der Waals surface area (Å²) in [6.07, 6.45) is 3.57. The second-order valence-electron chi connectivity index (χ2n) is 6.90. The van der Waals surface area contributed by atoms with Crippen molar-refractivity contribution in [3.05, 3.63) is 66.0 Å². The van der Waals surface area contributed by atoms with Crippen molar-refractivity contribution in [1.82, 2.24) is 9.88 Å². The van der Waals surface area contributed by atoms with Crippen LogP contribution in [0.4, 0.5) is 0 Å². The summed E-state index contributed by atoms with van der Waals surface area (Å²) in [4.78, 5) is 19.7. The van der Waals surface area contributed by atoms with E-state index in [2.05, 4.69) is 51.7 Å². The second-order valence-corrected chi connectivity index (χ2v) is 6.90. The molecule has 0 bridgehead atoms. The van der Waals surface area contributed by atoms with Crippen molar-refractivity contribution < 1.29 is 4.79 Å². The average Bonchev–Trinajstić information content (AvgIpc) is 2.64. The van der Waals surface area contributed by atoms with Gasteiger partial charge in [0.05, 0.1) is 5.92 Å². The molecule has 3 nitrogen and oxygen atoms in total. The van der Waals surface area contributed by atoms with Gasteiger partial charge in [0, 0.05) is 24.5 Å². The van der Waals surface area contributed by atoms with E-state index in [9.17, 15) is 4.79 Å². The molecule has 1 aromatic carbocycles. The van der Waals surface area contributed by atoms with Crippen LogP contribution < -0.4 is 0 Å². The molecule has 26 heavy (non-hydrogen) atoms. The summed E-state index contributed by atoms with van der Waals surface area (Å²) in [6, 6.07) is 14.5. The molecule has 0 saturated heterocycles. The van der Waals surface area contributed by atoms with Crippen LogP contribution in [0.2, 0.25) is 0 Å². The first-order valence-corrected chi connectivity index (χ1v) is 9.70. The summed E-state index contributed by atoms with van der Waals surface area (Å²) in [6.45, 7) is 14.4. The Morgan fingerprint density at radius 2 is 1.38 bits per heavy atom. The zero-order chi connectivity index (χ0) is 19.7. The highest BCUT2D eigenvalue weighted by molar-refractivity contribution is 5.85. The lowest BCUT2D eigenvalue weighted by Gasteiger charge is -2.36. The first kappa shape index (κ1) is 21.9. The molecule has 0 aliphatic rings. The van der Waals surface area contributed by atoms with Crippen LogP contribution >= 0.6 is 0 Å². The number of amides is 1. The van der Waals surface area contributed by atoms with E-state index in [-0.39, 0.29) is 29.8 Å². The number of benzene rings is 1. The predicted molar refractivity (Wildman–Crippen MR) is 110 cm³/mol. The van der Waals surface area contributed by atoms with Crippen molar-refractivity contribution in [3.63, 3.8) is 0 Å². The summed E-state index contributed by atoms with van der Waals surface area (Å²) in [5.41, 5.74) is 2.15. The number of hydrogen-bond acceptors (Lipinski definition) is 2. The Kier molecular flexibility index (Phi) is 9.04. The summed E-state index contributed by atoms with van der Waals surface area (Å²) in [5.74, 6) is 0.0261. The zero-order valence-corrected chi connectivity index (χ0v) is 17.3. The average molecular weight is 355 g/mol. The second kappa shape index (κ2) is 10.7. The molecular formula is C23H34N2O. The van der Waals surface area contributed by atoms with E-state index < -0.39 is 0 Å². The Morgan fingerprint density at radius 1 is 0.846 bits per heavy atom. The molecule has 0 saturated carbocycles. The highest BCUT2D eigenvalue weighted by Crippen LogP contribution is 2.35. The molecule has 0 radical (unpaired) electrons. The van der Waals surface area contributed by atoms with E-state index in [1.54, 1.807) is 6.20 Å². The fourth-order valence-corrected chi connectivity index (χ4v) is 3.42. The van der Waals surface area contributed by atoms with Crippen LogP contribution in [0, 0.1) is 0 Å². The van der Waals surface area contributed by atoms with Crippen molar-refractivity contribution in [2.45, 2.75) is 72.4 Å². The van der Waals surface area contributed by atoms with Crippen LogP contribution in [0.1, 0.15) is 71.4 Å². The number of hydrogen-bond donors (Lipinski definition) is 0. The summed E-state index contributed by atoms with van der Waals surface area (Å²) >= 11 is 0. The Hall–Kier alpha value is -2.16. The number of rotatable bonds is 6. The van der Waals surface area contributed by atoms with Gasteiger partial charge < -0.3 is 4.90 Å². The topological polar surface area (TPSA) is 33.2 Å². The van der Waals surface area contributed by atoms with Crippen LogP contribution in [0.25, 0.3) is 0 Å². The summed E-state index contributed by atoms with van der Waals surface area (Å²) in [7, 11) is 0. The fraction of sp³-hybridized carbons (Fsp3) is 0.478. The first-order chi connectivity index (χ1) is 12.4. The van der Waals surface area contributed by atoms with Gasteiger partial charge in [-0.2, -0.15) is 0 Å². The predicted octanol–water partition coefficient (Wildman–Crippen LogP) is 5.64. The van der Waals surface area contributed by atoms with Gasteiger partial charge >= 0.3 is 0 Å². The third kappa shape index (κ3) is 5.42. The molecule has 0 N–H and O–H groups in total. The zero-order valence-electron chi connectivity index (χ0n) is 17.3. The van der Waals surface area contributed by atoms with Gasteiger partial charge in [-0.05, 0) is 50.8 Å². The summed E-state index contributed by atoms with van der Waals surface area (Å²) < 4.78 is 0. The molecule has 0 spiro atoms. The third-order valence-corrected chi connectivity index (χ3v) is 4.50. The number of carbonyl (C=O) groups is 1. The van der Waals surface area contributed by atoms with E-state index in [1.165, 1.54) is 5.56 Å². The van der Waals surface area contributed by atoms with Gasteiger partial charge in [0.25, 0.3) is 0 Å². The van der Waals surface area contributed by atoms with E-state index in [0.29, 0.717) is 0 Å². The van der Waals surface area contributed by atoms with Crippen LogP contribution in [0.3, 0.4) is 0 Å².